The van der Waals surface area contributed by atoms with Crippen molar-refractivity contribution >= 4 is 0 Å². The summed E-state index contributed by atoms with van der Waals surface area (Å²) in [5.41, 5.74) is 0. The van der Waals surface area contributed by atoms with Gasteiger partial charge in [-0.15, -0.1) is 0 Å². The molecule has 0 aliphatic rings. The zero-order valence-corrected chi connectivity index (χ0v) is 8.05. The SMILES string of the molecule is COCCCCN(C)CCC#N. The van der Waals surface area contributed by atoms with E-state index >= 15 is 0 Å². The van der Waals surface area contributed by atoms with Crippen LogP contribution in [0.25, 0.3) is 0 Å². The third-order valence-electron chi connectivity index (χ3n) is 1.74. The molecule has 0 heterocycles. The number of hydrogen-bond acceptors (Lipinski definition) is 3. The number of rotatable bonds is 7. The van der Waals surface area contributed by atoms with Crippen LogP contribution in [0.1, 0.15) is 19.3 Å². The van der Waals surface area contributed by atoms with Gasteiger partial charge >= 0.3 is 0 Å². The van der Waals surface area contributed by atoms with Gasteiger partial charge in [0.2, 0.25) is 0 Å². The van der Waals surface area contributed by atoms with Gasteiger partial charge in [0.25, 0.3) is 0 Å². The minimum atomic E-state index is 0.626. The maximum atomic E-state index is 8.33. The molecule has 0 radical (unpaired) electrons. The second kappa shape index (κ2) is 8.51. The first kappa shape index (κ1) is 11.4. The van der Waals surface area contributed by atoms with E-state index in [0.29, 0.717) is 6.42 Å². The molecule has 0 atom stereocenters. The molecular formula is C9H18N2O. The van der Waals surface area contributed by atoms with Crippen LogP contribution in [-0.2, 0) is 4.74 Å². The molecule has 0 aromatic heterocycles. The lowest BCUT2D eigenvalue weighted by Gasteiger charge is -2.13. The quantitative estimate of drug-likeness (QED) is 0.540. The number of hydrogen-bond donors (Lipinski definition) is 0. The van der Waals surface area contributed by atoms with E-state index in [0.717, 1.165) is 32.5 Å². The van der Waals surface area contributed by atoms with Crippen molar-refractivity contribution in [3.05, 3.63) is 0 Å². The third kappa shape index (κ3) is 7.52. The number of unbranched alkanes of at least 4 members (excludes halogenated alkanes) is 1. The van der Waals surface area contributed by atoms with E-state index in [1.165, 1.54) is 0 Å². The van der Waals surface area contributed by atoms with Crippen molar-refractivity contribution < 1.29 is 4.74 Å². The highest BCUT2D eigenvalue weighted by Crippen LogP contribution is 1.93. The van der Waals surface area contributed by atoms with E-state index < -0.39 is 0 Å². The number of nitrogens with zero attached hydrogens (tertiary/aromatic N) is 2. The van der Waals surface area contributed by atoms with Gasteiger partial charge in [0.1, 0.15) is 0 Å². The molecule has 0 aromatic carbocycles. The molecule has 0 bridgehead atoms. The Morgan fingerprint density at radius 2 is 2.08 bits per heavy atom. The van der Waals surface area contributed by atoms with Gasteiger partial charge in [-0.25, -0.2) is 0 Å². The maximum Gasteiger partial charge on any atom is 0.0635 e. The fourth-order valence-corrected chi connectivity index (χ4v) is 0.981. The lowest BCUT2D eigenvalue weighted by molar-refractivity contribution is 0.187. The first-order valence-corrected chi connectivity index (χ1v) is 4.35. The fourth-order valence-electron chi connectivity index (χ4n) is 0.981. The van der Waals surface area contributed by atoms with Crippen molar-refractivity contribution in [2.24, 2.45) is 0 Å². The Balaban J connectivity index is 3.09. The molecule has 12 heavy (non-hydrogen) atoms. The average molecular weight is 170 g/mol. The molecule has 0 aliphatic heterocycles. The summed E-state index contributed by atoms with van der Waals surface area (Å²) in [6, 6.07) is 2.13. The van der Waals surface area contributed by atoms with Gasteiger partial charge in [-0.2, -0.15) is 5.26 Å². The smallest absolute Gasteiger partial charge is 0.0635 e. The highest BCUT2D eigenvalue weighted by Gasteiger charge is 1.96. The van der Waals surface area contributed by atoms with Gasteiger partial charge in [-0.1, -0.05) is 0 Å². The highest BCUT2D eigenvalue weighted by atomic mass is 16.5. The highest BCUT2D eigenvalue weighted by molar-refractivity contribution is 4.70. The zero-order chi connectivity index (χ0) is 9.23. The van der Waals surface area contributed by atoms with Crippen molar-refractivity contribution in [3.63, 3.8) is 0 Å². The largest absolute Gasteiger partial charge is 0.385 e. The van der Waals surface area contributed by atoms with Crippen molar-refractivity contribution in [1.82, 2.24) is 4.90 Å². The van der Waals surface area contributed by atoms with E-state index in [1.807, 2.05) is 7.05 Å². The summed E-state index contributed by atoms with van der Waals surface area (Å²) in [5.74, 6) is 0. The first-order valence-electron chi connectivity index (χ1n) is 4.35. The summed E-state index contributed by atoms with van der Waals surface area (Å²) in [4.78, 5) is 2.18. The Labute approximate surface area is 74.9 Å². The summed E-state index contributed by atoms with van der Waals surface area (Å²) in [6.07, 6.45) is 2.88. The summed E-state index contributed by atoms with van der Waals surface area (Å²) < 4.78 is 4.93. The maximum absolute atomic E-state index is 8.33. The second-order valence-electron chi connectivity index (χ2n) is 2.91. The van der Waals surface area contributed by atoms with Crippen LogP contribution in [-0.4, -0.2) is 38.8 Å². The Kier molecular flexibility index (Phi) is 8.09. The van der Waals surface area contributed by atoms with Crippen LogP contribution in [0.5, 0.6) is 0 Å². The normalized spacial score (nSPS) is 10.2. The molecule has 0 saturated heterocycles. The van der Waals surface area contributed by atoms with Crippen molar-refractivity contribution in [2.75, 3.05) is 33.9 Å². The van der Waals surface area contributed by atoms with Gasteiger partial charge < -0.3 is 9.64 Å². The van der Waals surface area contributed by atoms with Crippen LogP contribution in [0, 0.1) is 11.3 Å². The molecule has 0 rings (SSSR count). The predicted octanol–water partition coefficient (Wildman–Crippen LogP) is 1.26. The van der Waals surface area contributed by atoms with Crippen LogP contribution in [0.15, 0.2) is 0 Å². The van der Waals surface area contributed by atoms with Crippen molar-refractivity contribution in [3.8, 4) is 6.07 Å². The molecule has 0 aromatic rings. The molecule has 0 unspecified atom stereocenters. The number of nitriles is 1. The summed E-state index contributed by atoms with van der Waals surface area (Å²) in [6.45, 7) is 2.78. The zero-order valence-electron chi connectivity index (χ0n) is 8.05. The van der Waals surface area contributed by atoms with Gasteiger partial charge in [-0.3, -0.25) is 0 Å². The summed E-state index contributed by atoms with van der Waals surface area (Å²) in [7, 11) is 3.77. The van der Waals surface area contributed by atoms with Crippen LogP contribution in [0.4, 0.5) is 0 Å². The van der Waals surface area contributed by atoms with Gasteiger partial charge in [0, 0.05) is 26.7 Å². The van der Waals surface area contributed by atoms with Gasteiger partial charge in [-0.05, 0) is 26.4 Å². The van der Waals surface area contributed by atoms with Crippen molar-refractivity contribution in [2.45, 2.75) is 19.3 Å². The first-order chi connectivity index (χ1) is 5.81. The van der Waals surface area contributed by atoms with Crippen molar-refractivity contribution in [1.29, 1.82) is 5.26 Å². The second-order valence-corrected chi connectivity index (χ2v) is 2.91. The van der Waals surface area contributed by atoms with E-state index in [4.69, 9.17) is 10.00 Å². The molecule has 0 amide bonds. The Hall–Kier alpha value is -0.590. The van der Waals surface area contributed by atoms with Gasteiger partial charge in [0.15, 0.2) is 0 Å². The minimum absolute atomic E-state index is 0.626. The molecule has 0 spiro atoms. The van der Waals surface area contributed by atoms with E-state index in [9.17, 15) is 0 Å². The topological polar surface area (TPSA) is 36.3 Å². The number of methoxy groups -OCH3 is 1. The van der Waals surface area contributed by atoms with E-state index in [1.54, 1.807) is 7.11 Å². The summed E-state index contributed by atoms with van der Waals surface area (Å²) >= 11 is 0. The molecule has 0 saturated carbocycles. The third-order valence-corrected chi connectivity index (χ3v) is 1.74. The molecule has 3 nitrogen and oxygen atoms in total. The summed E-state index contributed by atoms with van der Waals surface area (Å²) in [5, 5.41) is 8.33. The molecule has 70 valence electrons. The van der Waals surface area contributed by atoms with Crippen LogP contribution < -0.4 is 0 Å². The van der Waals surface area contributed by atoms with E-state index in [-0.39, 0.29) is 0 Å². The molecule has 0 fully saturated rings. The lowest BCUT2D eigenvalue weighted by atomic mass is 10.3. The lowest BCUT2D eigenvalue weighted by Crippen LogP contribution is -2.20. The Morgan fingerprint density at radius 3 is 2.67 bits per heavy atom. The Bertz CT molecular complexity index is 131. The van der Waals surface area contributed by atoms with Crippen LogP contribution in [0.3, 0.4) is 0 Å². The molecule has 0 N–H and O–H groups in total. The van der Waals surface area contributed by atoms with Crippen LogP contribution >= 0.6 is 0 Å². The molecule has 3 heteroatoms. The van der Waals surface area contributed by atoms with Crippen LogP contribution in [0.2, 0.25) is 0 Å². The van der Waals surface area contributed by atoms with E-state index in [2.05, 4.69) is 11.0 Å². The fraction of sp³-hybridized carbons (Fsp3) is 0.889. The number of ether oxygens (including phenoxy) is 1. The monoisotopic (exact) mass is 170 g/mol. The predicted molar refractivity (Wildman–Crippen MR) is 48.8 cm³/mol. The molecule has 0 aliphatic carbocycles. The Morgan fingerprint density at radius 1 is 1.33 bits per heavy atom. The van der Waals surface area contributed by atoms with Gasteiger partial charge in [0.05, 0.1) is 6.07 Å². The minimum Gasteiger partial charge on any atom is -0.385 e. The standard InChI is InChI=1S/C9H18N2O/c1-11(8-5-6-10)7-3-4-9-12-2/h3-5,7-9H2,1-2H3. The average Bonchev–Trinajstić information content (AvgIpc) is 2.09. The molecular weight excluding hydrogens is 152 g/mol.